The minimum absolute atomic E-state index is 0.0454. The normalized spacial score (nSPS) is 14.1. The van der Waals surface area contributed by atoms with E-state index < -0.39 is 18.2 Å². The molecule has 0 radical (unpaired) electrons. The third-order valence-electron chi connectivity index (χ3n) is 2.06. The lowest BCUT2D eigenvalue weighted by atomic mass is 10.1. The van der Waals surface area contributed by atoms with Crippen LogP contribution in [0.4, 0.5) is 5.82 Å². The van der Waals surface area contributed by atoms with E-state index in [-0.39, 0.29) is 18.0 Å². The Morgan fingerprint density at radius 1 is 1.65 bits per heavy atom. The van der Waals surface area contributed by atoms with Gasteiger partial charge < -0.3 is 20.7 Å². The molecule has 1 aromatic rings. The lowest BCUT2D eigenvalue weighted by Crippen LogP contribution is -2.30. The molecule has 17 heavy (non-hydrogen) atoms. The van der Waals surface area contributed by atoms with E-state index in [4.69, 9.17) is 5.73 Å². The van der Waals surface area contributed by atoms with Crippen molar-refractivity contribution < 1.29 is 19.7 Å². The zero-order chi connectivity index (χ0) is 13.0. The first-order valence-corrected chi connectivity index (χ1v) is 5.70. The number of carbonyl (C=O) groups is 1. The molecule has 7 heteroatoms. The quantitative estimate of drug-likeness (QED) is 0.695. The monoisotopic (exact) mass is 304 g/mol. The summed E-state index contributed by atoms with van der Waals surface area (Å²) in [5.41, 5.74) is 5.71. The summed E-state index contributed by atoms with van der Waals surface area (Å²) >= 11 is 3.15. The van der Waals surface area contributed by atoms with Gasteiger partial charge in [0.1, 0.15) is 11.9 Å². The fourth-order valence-electron chi connectivity index (χ4n) is 1.23. The van der Waals surface area contributed by atoms with Gasteiger partial charge in [0.05, 0.1) is 6.61 Å². The van der Waals surface area contributed by atoms with Crippen LogP contribution in [0.25, 0.3) is 0 Å². The molecule has 4 N–H and O–H groups in total. The van der Waals surface area contributed by atoms with Gasteiger partial charge in [-0.1, -0.05) is 0 Å². The van der Waals surface area contributed by atoms with Crippen LogP contribution in [-0.4, -0.2) is 33.9 Å². The van der Waals surface area contributed by atoms with E-state index in [1.807, 2.05) is 0 Å². The smallest absolute Gasteiger partial charge is 0.338 e. The van der Waals surface area contributed by atoms with Crippen LogP contribution in [-0.2, 0) is 9.53 Å². The predicted octanol–water partition coefficient (Wildman–Crippen LogP) is 0.384. The largest absolute Gasteiger partial charge is 0.464 e. The molecule has 0 saturated heterocycles. The highest BCUT2D eigenvalue weighted by atomic mass is 79.9. The van der Waals surface area contributed by atoms with E-state index in [9.17, 15) is 15.0 Å². The molecule has 1 aromatic heterocycles. The third-order valence-corrected chi connectivity index (χ3v) is 2.50. The summed E-state index contributed by atoms with van der Waals surface area (Å²) in [6.07, 6.45) is -1.71. The third kappa shape index (κ3) is 3.39. The van der Waals surface area contributed by atoms with Crippen molar-refractivity contribution in [3.63, 3.8) is 0 Å². The molecule has 0 aliphatic carbocycles. The summed E-state index contributed by atoms with van der Waals surface area (Å²) in [4.78, 5) is 15.0. The van der Waals surface area contributed by atoms with Crippen LogP contribution in [0.1, 0.15) is 18.6 Å². The molecule has 2 atom stereocenters. The molecule has 6 nitrogen and oxygen atoms in total. The highest BCUT2D eigenvalue weighted by Crippen LogP contribution is 2.25. The molecule has 0 aliphatic rings. The van der Waals surface area contributed by atoms with Gasteiger partial charge in [0.25, 0.3) is 0 Å². The fraction of sp³-hybridized carbons (Fsp3) is 0.400. The van der Waals surface area contributed by atoms with Crippen LogP contribution in [0.2, 0.25) is 0 Å². The van der Waals surface area contributed by atoms with E-state index in [1.54, 1.807) is 6.92 Å². The van der Waals surface area contributed by atoms with E-state index in [0.717, 1.165) is 0 Å². The number of halogens is 1. The Kier molecular flexibility index (Phi) is 4.86. The summed E-state index contributed by atoms with van der Waals surface area (Å²) in [5.74, 6) is -0.858. The molecule has 0 amide bonds. The van der Waals surface area contributed by atoms with Gasteiger partial charge in [0.15, 0.2) is 6.10 Å². The molecule has 0 aromatic carbocycles. The summed E-state index contributed by atoms with van der Waals surface area (Å²) in [6, 6.07) is 1.48. The Bertz CT molecular complexity index is 413. The maximum Gasteiger partial charge on any atom is 0.338 e. The van der Waals surface area contributed by atoms with Gasteiger partial charge >= 0.3 is 5.97 Å². The number of aliphatic hydroxyl groups excluding tert-OH is 2. The van der Waals surface area contributed by atoms with E-state index in [1.165, 1.54) is 12.3 Å². The maximum absolute atomic E-state index is 11.2. The maximum atomic E-state index is 11.2. The fourth-order valence-corrected chi connectivity index (χ4v) is 1.58. The van der Waals surface area contributed by atoms with Crippen LogP contribution in [0.3, 0.4) is 0 Å². The number of pyridine rings is 1. The summed E-state index contributed by atoms with van der Waals surface area (Å²) < 4.78 is 5.17. The van der Waals surface area contributed by atoms with Gasteiger partial charge in [-0.05, 0) is 28.9 Å². The van der Waals surface area contributed by atoms with Crippen molar-refractivity contribution in [3.8, 4) is 0 Å². The number of nitrogen functional groups attached to an aromatic ring is 1. The van der Waals surface area contributed by atoms with Gasteiger partial charge in [-0.2, -0.15) is 0 Å². The Labute approximate surface area is 107 Å². The summed E-state index contributed by atoms with van der Waals surface area (Å²) in [5, 5.41) is 19.4. The van der Waals surface area contributed by atoms with Gasteiger partial charge in [-0.15, -0.1) is 0 Å². The molecular formula is C10H13BrN2O4. The molecular weight excluding hydrogens is 292 g/mol. The van der Waals surface area contributed by atoms with E-state index in [0.29, 0.717) is 4.47 Å². The van der Waals surface area contributed by atoms with Crippen molar-refractivity contribution in [1.29, 1.82) is 0 Å². The van der Waals surface area contributed by atoms with Gasteiger partial charge in [-0.25, -0.2) is 9.78 Å². The second-order valence-corrected chi connectivity index (χ2v) is 4.19. The predicted molar refractivity (Wildman–Crippen MR) is 63.9 cm³/mol. The van der Waals surface area contributed by atoms with Crippen LogP contribution >= 0.6 is 15.9 Å². The van der Waals surface area contributed by atoms with Crippen LogP contribution < -0.4 is 5.73 Å². The number of carbonyl (C=O) groups excluding carboxylic acids is 1. The molecule has 0 saturated carbocycles. The lowest BCUT2D eigenvalue weighted by molar-refractivity contribution is -0.159. The minimum atomic E-state index is -1.69. The average Bonchev–Trinajstić information content (AvgIpc) is 2.30. The number of anilines is 1. The number of nitrogens with zero attached hydrogens (tertiary/aromatic N) is 1. The van der Waals surface area contributed by atoms with Crippen molar-refractivity contribution in [2.75, 3.05) is 12.3 Å². The van der Waals surface area contributed by atoms with Crippen LogP contribution in [0, 0.1) is 0 Å². The van der Waals surface area contributed by atoms with Crippen molar-refractivity contribution in [1.82, 2.24) is 4.98 Å². The number of aliphatic hydroxyl groups is 2. The number of esters is 1. The van der Waals surface area contributed by atoms with Crippen LogP contribution in [0.5, 0.6) is 0 Å². The van der Waals surface area contributed by atoms with Crippen molar-refractivity contribution in [3.05, 3.63) is 22.3 Å². The average molecular weight is 305 g/mol. The SMILES string of the molecule is CCOC(=O)C(O)C(O)c1cc(Br)cnc1N. The number of rotatable bonds is 4. The number of nitrogens with two attached hydrogens (primary N) is 1. The first-order valence-electron chi connectivity index (χ1n) is 4.91. The molecule has 0 bridgehead atoms. The number of hydrogen-bond acceptors (Lipinski definition) is 6. The number of hydrogen-bond donors (Lipinski definition) is 3. The summed E-state index contributed by atoms with van der Waals surface area (Å²) in [6.45, 7) is 1.72. The van der Waals surface area contributed by atoms with E-state index in [2.05, 4.69) is 25.7 Å². The Morgan fingerprint density at radius 3 is 2.88 bits per heavy atom. The molecule has 1 heterocycles. The van der Waals surface area contributed by atoms with Gasteiger partial charge in [0.2, 0.25) is 0 Å². The van der Waals surface area contributed by atoms with E-state index >= 15 is 0 Å². The number of ether oxygens (including phenoxy) is 1. The van der Waals surface area contributed by atoms with Crippen molar-refractivity contribution >= 4 is 27.7 Å². The molecule has 2 unspecified atom stereocenters. The topological polar surface area (TPSA) is 106 Å². The first kappa shape index (κ1) is 13.9. The van der Waals surface area contributed by atoms with Crippen LogP contribution in [0.15, 0.2) is 16.7 Å². The second kappa shape index (κ2) is 5.95. The first-order chi connectivity index (χ1) is 7.97. The summed E-state index contributed by atoms with van der Waals surface area (Å²) in [7, 11) is 0. The molecule has 0 spiro atoms. The molecule has 0 fully saturated rings. The molecule has 1 rings (SSSR count). The highest BCUT2D eigenvalue weighted by molar-refractivity contribution is 9.10. The lowest BCUT2D eigenvalue weighted by Gasteiger charge is -2.17. The number of aromatic nitrogens is 1. The highest BCUT2D eigenvalue weighted by Gasteiger charge is 2.28. The Balaban J connectivity index is 2.91. The minimum Gasteiger partial charge on any atom is -0.464 e. The zero-order valence-corrected chi connectivity index (χ0v) is 10.7. The van der Waals surface area contributed by atoms with Crippen molar-refractivity contribution in [2.45, 2.75) is 19.1 Å². The zero-order valence-electron chi connectivity index (χ0n) is 9.13. The molecule has 94 valence electrons. The van der Waals surface area contributed by atoms with Gasteiger partial charge in [0, 0.05) is 16.2 Å². The molecule has 0 aliphatic heterocycles. The standard InChI is InChI=1S/C10H13BrN2O4/c1-2-17-10(16)8(15)7(14)6-3-5(11)4-13-9(6)12/h3-4,7-8,14-15H,2H2,1H3,(H2,12,13). The Morgan fingerprint density at radius 2 is 2.29 bits per heavy atom. The van der Waals surface area contributed by atoms with Gasteiger partial charge in [-0.3, -0.25) is 0 Å². The Hall–Kier alpha value is -1.18. The second-order valence-electron chi connectivity index (χ2n) is 3.27. The van der Waals surface area contributed by atoms with Crippen molar-refractivity contribution in [2.24, 2.45) is 0 Å².